The van der Waals surface area contributed by atoms with Crippen molar-refractivity contribution >= 4 is 23.4 Å². The Bertz CT molecular complexity index is 708. The van der Waals surface area contributed by atoms with E-state index in [1.807, 2.05) is 19.1 Å². The van der Waals surface area contributed by atoms with Crippen molar-refractivity contribution in [3.05, 3.63) is 58.7 Å². The summed E-state index contributed by atoms with van der Waals surface area (Å²) >= 11 is 1.67. The van der Waals surface area contributed by atoms with Crippen molar-refractivity contribution in [3.63, 3.8) is 0 Å². The van der Waals surface area contributed by atoms with E-state index in [1.54, 1.807) is 11.8 Å². The lowest BCUT2D eigenvalue weighted by atomic mass is 10.1. The molecular weight excluding hydrogens is 278 g/mol. The lowest BCUT2D eigenvalue weighted by Crippen LogP contribution is -2.25. The minimum Gasteiger partial charge on any atom is -0.325 e. The van der Waals surface area contributed by atoms with Crippen molar-refractivity contribution in [3.8, 4) is 0 Å². The SMILES string of the molecule is Cc1ccc(NC(=O)C2Cc3ccc(C)cc3S2)c(C)c1. The van der Waals surface area contributed by atoms with Crippen LogP contribution in [0.1, 0.15) is 22.3 Å². The number of anilines is 1. The molecule has 0 saturated carbocycles. The van der Waals surface area contributed by atoms with Gasteiger partial charge in [0.1, 0.15) is 0 Å². The first-order chi connectivity index (χ1) is 10.0. The van der Waals surface area contributed by atoms with Gasteiger partial charge in [0, 0.05) is 10.6 Å². The molecule has 1 aliphatic heterocycles. The summed E-state index contributed by atoms with van der Waals surface area (Å²) in [5.41, 5.74) is 5.77. The number of hydrogen-bond donors (Lipinski definition) is 1. The molecule has 2 nitrogen and oxygen atoms in total. The van der Waals surface area contributed by atoms with Gasteiger partial charge in [-0.2, -0.15) is 0 Å². The molecule has 1 N–H and O–H groups in total. The summed E-state index contributed by atoms with van der Waals surface area (Å²) in [6, 6.07) is 12.5. The van der Waals surface area contributed by atoms with E-state index in [9.17, 15) is 4.79 Å². The summed E-state index contributed by atoms with van der Waals surface area (Å²) in [5.74, 6) is 0.0980. The Morgan fingerprint density at radius 2 is 1.81 bits per heavy atom. The van der Waals surface area contributed by atoms with Gasteiger partial charge in [-0.1, -0.05) is 35.4 Å². The van der Waals surface area contributed by atoms with E-state index in [0.29, 0.717) is 0 Å². The van der Waals surface area contributed by atoms with Crippen LogP contribution < -0.4 is 5.32 Å². The summed E-state index contributed by atoms with van der Waals surface area (Å²) < 4.78 is 0. The van der Waals surface area contributed by atoms with Gasteiger partial charge in [-0.25, -0.2) is 0 Å². The van der Waals surface area contributed by atoms with Crippen LogP contribution in [0.5, 0.6) is 0 Å². The van der Waals surface area contributed by atoms with Gasteiger partial charge in [-0.3, -0.25) is 4.79 Å². The second kappa shape index (κ2) is 5.57. The number of thioether (sulfide) groups is 1. The number of aryl methyl sites for hydroxylation is 3. The molecule has 0 spiro atoms. The fourth-order valence-electron chi connectivity index (χ4n) is 2.65. The van der Waals surface area contributed by atoms with E-state index in [2.05, 4.69) is 43.4 Å². The van der Waals surface area contributed by atoms with Gasteiger partial charge in [0.15, 0.2) is 0 Å². The minimum atomic E-state index is -0.0255. The van der Waals surface area contributed by atoms with Gasteiger partial charge in [0.25, 0.3) is 0 Å². The quantitative estimate of drug-likeness (QED) is 0.897. The lowest BCUT2D eigenvalue weighted by molar-refractivity contribution is -0.115. The fourth-order valence-corrected chi connectivity index (χ4v) is 3.94. The fraction of sp³-hybridized carbons (Fsp3) is 0.278. The number of benzene rings is 2. The number of rotatable bonds is 2. The monoisotopic (exact) mass is 297 g/mol. The van der Waals surface area contributed by atoms with Crippen molar-refractivity contribution in [2.24, 2.45) is 0 Å². The van der Waals surface area contributed by atoms with Crippen molar-refractivity contribution < 1.29 is 4.79 Å². The number of fused-ring (bicyclic) bond motifs is 1. The molecule has 0 bridgehead atoms. The molecule has 0 aromatic heterocycles. The Morgan fingerprint density at radius 3 is 2.57 bits per heavy atom. The average molecular weight is 297 g/mol. The molecule has 108 valence electrons. The van der Waals surface area contributed by atoms with Crippen molar-refractivity contribution in [1.29, 1.82) is 0 Å². The molecule has 0 saturated heterocycles. The van der Waals surface area contributed by atoms with Gasteiger partial charge in [0.05, 0.1) is 5.25 Å². The average Bonchev–Trinajstić information content (AvgIpc) is 2.85. The maximum Gasteiger partial charge on any atom is 0.238 e. The van der Waals surface area contributed by atoms with Crippen LogP contribution >= 0.6 is 11.8 Å². The molecule has 1 heterocycles. The van der Waals surface area contributed by atoms with Gasteiger partial charge >= 0.3 is 0 Å². The van der Waals surface area contributed by atoms with Crippen molar-refractivity contribution in [1.82, 2.24) is 0 Å². The third-order valence-electron chi connectivity index (χ3n) is 3.83. The molecule has 2 aromatic rings. The third kappa shape index (κ3) is 2.98. The van der Waals surface area contributed by atoms with Gasteiger partial charge in [-0.15, -0.1) is 11.8 Å². The molecule has 2 aromatic carbocycles. The topological polar surface area (TPSA) is 29.1 Å². The highest BCUT2D eigenvalue weighted by Gasteiger charge is 2.28. The molecule has 0 radical (unpaired) electrons. The number of carbonyl (C=O) groups is 1. The molecule has 1 atom stereocenters. The first kappa shape index (κ1) is 14.2. The van der Waals surface area contributed by atoms with E-state index in [1.165, 1.54) is 21.6 Å². The molecule has 3 heteroatoms. The molecule has 0 fully saturated rings. The van der Waals surface area contributed by atoms with Crippen LogP contribution in [0.15, 0.2) is 41.3 Å². The molecular formula is C18H19NOS. The van der Waals surface area contributed by atoms with E-state index in [4.69, 9.17) is 0 Å². The molecule has 1 aliphatic rings. The summed E-state index contributed by atoms with van der Waals surface area (Å²) in [5, 5.41) is 3.04. The number of amides is 1. The normalized spacial score (nSPS) is 16.6. The summed E-state index contributed by atoms with van der Waals surface area (Å²) in [6.45, 7) is 6.18. The highest BCUT2D eigenvalue weighted by molar-refractivity contribution is 8.01. The predicted octanol–water partition coefficient (Wildman–Crippen LogP) is 4.27. The zero-order valence-corrected chi connectivity index (χ0v) is 13.4. The van der Waals surface area contributed by atoms with Crippen LogP contribution in [0, 0.1) is 20.8 Å². The second-order valence-electron chi connectivity index (χ2n) is 5.73. The molecule has 1 unspecified atom stereocenters. The van der Waals surface area contributed by atoms with Crippen LogP contribution in [0.25, 0.3) is 0 Å². The summed E-state index contributed by atoms with van der Waals surface area (Å²) in [7, 11) is 0. The van der Waals surface area contributed by atoms with E-state index in [-0.39, 0.29) is 11.2 Å². The van der Waals surface area contributed by atoms with Crippen LogP contribution in [-0.2, 0) is 11.2 Å². The highest BCUT2D eigenvalue weighted by Crippen LogP contribution is 2.38. The Kier molecular flexibility index (Phi) is 3.77. The van der Waals surface area contributed by atoms with Crippen LogP contribution in [0.3, 0.4) is 0 Å². The standard InChI is InChI=1S/C18H19NOS/c1-11-5-7-15(13(3)8-11)19-18(20)17-10-14-6-4-12(2)9-16(14)21-17/h4-9,17H,10H2,1-3H3,(H,19,20). The highest BCUT2D eigenvalue weighted by atomic mass is 32.2. The molecule has 21 heavy (non-hydrogen) atoms. The zero-order valence-electron chi connectivity index (χ0n) is 12.6. The van der Waals surface area contributed by atoms with Crippen molar-refractivity contribution in [2.45, 2.75) is 37.3 Å². The second-order valence-corrected chi connectivity index (χ2v) is 6.97. The lowest BCUT2D eigenvalue weighted by Gasteiger charge is -2.12. The third-order valence-corrected chi connectivity index (χ3v) is 5.13. The van der Waals surface area contributed by atoms with Crippen LogP contribution in [0.4, 0.5) is 5.69 Å². The molecule has 3 rings (SSSR count). The predicted molar refractivity (Wildman–Crippen MR) is 89.1 cm³/mol. The number of nitrogens with one attached hydrogen (secondary N) is 1. The van der Waals surface area contributed by atoms with Gasteiger partial charge in [-0.05, 0) is 50.5 Å². The maximum absolute atomic E-state index is 12.5. The number of hydrogen-bond acceptors (Lipinski definition) is 2. The molecule has 1 amide bonds. The Hall–Kier alpha value is -1.74. The smallest absolute Gasteiger partial charge is 0.238 e. The Balaban J connectivity index is 1.73. The Labute approximate surface area is 130 Å². The first-order valence-electron chi connectivity index (χ1n) is 7.17. The molecule has 0 aliphatic carbocycles. The van der Waals surface area contributed by atoms with Gasteiger partial charge in [0.2, 0.25) is 5.91 Å². The van der Waals surface area contributed by atoms with Crippen LogP contribution in [0.2, 0.25) is 0 Å². The summed E-state index contributed by atoms with van der Waals surface area (Å²) in [6.07, 6.45) is 0.816. The van der Waals surface area contributed by atoms with Crippen molar-refractivity contribution in [2.75, 3.05) is 5.32 Å². The van der Waals surface area contributed by atoms with E-state index in [0.717, 1.165) is 17.7 Å². The van der Waals surface area contributed by atoms with Gasteiger partial charge < -0.3 is 5.32 Å². The summed E-state index contributed by atoms with van der Waals surface area (Å²) in [4.78, 5) is 13.7. The zero-order chi connectivity index (χ0) is 15.0. The first-order valence-corrected chi connectivity index (χ1v) is 8.05. The maximum atomic E-state index is 12.5. The Morgan fingerprint density at radius 1 is 1.10 bits per heavy atom. The van der Waals surface area contributed by atoms with E-state index < -0.39 is 0 Å². The largest absolute Gasteiger partial charge is 0.325 e. The van der Waals surface area contributed by atoms with E-state index >= 15 is 0 Å². The number of carbonyl (C=O) groups excluding carboxylic acids is 1. The minimum absolute atomic E-state index is 0.0255. The van der Waals surface area contributed by atoms with Crippen LogP contribution in [-0.4, -0.2) is 11.2 Å².